The van der Waals surface area contributed by atoms with Crippen molar-refractivity contribution in [3.05, 3.63) is 35.9 Å². The summed E-state index contributed by atoms with van der Waals surface area (Å²) in [6.07, 6.45) is 1.71. The molecule has 0 radical (unpaired) electrons. The number of rotatable bonds is 6. The van der Waals surface area contributed by atoms with Gasteiger partial charge >= 0.3 is 0 Å². The molecule has 0 aliphatic carbocycles. The van der Waals surface area contributed by atoms with Gasteiger partial charge in [-0.2, -0.15) is 0 Å². The lowest BCUT2D eigenvalue weighted by molar-refractivity contribution is 0.584. The Morgan fingerprint density at radius 1 is 1.20 bits per heavy atom. The van der Waals surface area contributed by atoms with Crippen LogP contribution in [-0.2, 0) is 16.4 Å². The van der Waals surface area contributed by atoms with Crippen LogP contribution < -0.4 is 4.72 Å². The van der Waals surface area contributed by atoms with Crippen LogP contribution in [0.5, 0.6) is 0 Å². The quantitative estimate of drug-likeness (QED) is 0.643. The summed E-state index contributed by atoms with van der Waals surface area (Å²) in [7, 11) is -3.11. The van der Waals surface area contributed by atoms with Gasteiger partial charge in [-0.05, 0) is 18.4 Å². The van der Waals surface area contributed by atoms with Crippen molar-refractivity contribution < 1.29 is 8.42 Å². The van der Waals surface area contributed by atoms with E-state index in [0.29, 0.717) is 6.54 Å². The van der Waals surface area contributed by atoms with E-state index in [4.69, 9.17) is 0 Å². The molecule has 0 spiro atoms. The Bertz CT molecular complexity index is 378. The summed E-state index contributed by atoms with van der Waals surface area (Å²) in [5.74, 6) is 0. The van der Waals surface area contributed by atoms with Crippen molar-refractivity contribution in [3.8, 4) is 0 Å². The maximum Gasteiger partial charge on any atom is 0.221 e. The van der Waals surface area contributed by atoms with Gasteiger partial charge in [-0.3, -0.25) is 0 Å². The number of sulfonamides is 1. The Morgan fingerprint density at radius 3 is 2.47 bits per heavy atom. The molecule has 0 unspecified atom stereocenters. The lowest BCUT2D eigenvalue weighted by atomic mass is 10.1. The summed E-state index contributed by atoms with van der Waals surface area (Å²) in [5.41, 5.74) is 1.23. The third-order valence-electron chi connectivity index (χ3n) is 1.95. The fourth-order valence-corrected chi connectivity index (χ4v) is 2.22. The minimum Gasteiger partial charge on any atom is -0.214 e. The summed E-state index contributed by atoms with van der Waals surface area (Å²) < 4.78 is 24.6. The Balaban J connectivity index is 2.24. The molecule has 84 valence electrons. The van der Waals surface area contributed by atoms with Crippen molar-refractivity contribution in [3.63, 3.8) is 0 Å². The van der Waals surface area contributed by atoms with Gasteiger partial charge in [-0.25, -0.2) is 13.1 Å². The first-order valence-corrected chi connectivity index (χ1v) is 7.48. The van der Waals surface area contributed by atoms with E-state index < -0.39 is 10.0 Å². The van der Waals surface area contributed by atoms with Crippen molar-refractivity contribution >= 4 is 26.0 Å². The lowest BCUT2D eigenvalue weighted by Gasteiger charge is -2.03. The molecule has 0 atom stereocenters. The molecule has 3 nitrogen and oxygen atoms in total. The molecule has 1 N–H and O–H groups in total. The van der Waals surface area contributed by atoms with E-state index in [2.05, 4.69) is 20.7 Å². The number of hydrogen-bond acceptors (Lipinski definition) is 2. The smallest absolute Gasteiger partial charge is 0.214 e. The molecule has 5 heteroatoms. The van der Waals surface area contributed by atoms with Gasteiger partial charge in [0, 0.05) is 6.54 Å². The molecule has 1 rings (SSSR count). The summed E-state index contributed by atoms with van der Waals surface area (Å²) in [6.45, 7) is 0.489. The maximum atomic E-state index is 11.1. The van der Waals surface area contributed by atoms with Crippen molar-refractivity contribution in [2.24, 2.45) is 0 Å². The van der Waals surface area contributed by atoms with Crippen molar-refractivity contribution in [2.45, 2.75) is 12.8 Å². The molecule has 0 heterocycles. The number of benzene rings is 1. The number of halogens is 1. The summed E-state index contributed by atoms with van der Waals surface area (Å²) >= 11 is 2.92. The van der Waals surface area contributed by atoms with E-state index in [1.54, 1.807) is 0 Å². The van der Waals surface area contributed by atoms with Crippen molar-refractivity contribution in [1.29, 1.82) is 0 Å². The molecule has 0 aromatic heterocycles. The molecule has 1 aromatic carbocycles. The zero-order chi connectivity index (χ0) is 11.1. The van der Waals surface area contributed by atoms with E-state index in [-0.39, 0.29) is 4.66 Å². The molecule has 15 heavy (non-hydrogen) atoms. The molecular weight excluding hydrogens is 278 g/mol. The molecular formula is C10H14BrNO2S. The average molecular weight is 292 g/mol. The third-order valence-corrected chi connectivity index (χ3v) is 4.69. The Hall–Kier alpha value is -0.390. The second kappa shape index (κ2) is 6.25. The zero-order valence-electron chi connectivity index (χ0n) is 8.32. The van der Waals surface area contributed by atoms with E-state index in [9.17, 15) is 8.42 Å². The molecule has 1 aromatic rings. The van der Waals surface area contributed by atoms with Crippen molar-refractivity contribution in [1.82, 2.24) is 4.72 Å². The van der Waals surface area contributed by atoms with Gasteiger partial charge in [0.15, 0.2) is 0 Å². The Kier molecular flexibility index (Phi) is 5.28. The summed E-state index contributed by atoms with van der Waals surface area (Å²) in [6, 6.07) is 10.0. The number of aryl methyl sites for hydroxylation is 1. The Morgan fingerprint density at radius 2 is 1.87 bits per heavy atom. The number of hydrogen-bond donors (Lipinski definition) is 1. The first kappa shape index (κ1) is 12.7. The van der Waals surface area contributed by atoms with Crippen LogP contribution in [-0.4, -0.2) is 19.6 Å². The normalized spacial score (nSPS) is 11.5. The highest BCUT2D eigenvalue weighted by molar-refractivity contribution is 9.10. The van der Waals surface area contributed by atoms with E-state index in [0.717, 1.165) is 12.8 Å². The molecule has 0 saturated carbocycles. The lowest BCUT2D eigenvalue weighted by Crippen LogP contribution is -2.25. The standard InChI is InChI=1S/C10H14BrNO2S/c11-9-15(13,14)12-8-4-7-10-5-2-1-3-6-10/h1-3,5-6,12H,4,7-9H2. The SMILES string of the molecule is O=S(=O)(CBr)NCCCc1ccccc1. The predicted molar refractivity (Wildman–Crippen MR) is 65.5 cm³/mol. The number of nitrogens with one attached hydrogen (secondary N) is 1. The molecule has 0 amide bonds. The predicted octanol–water partition coefficient (Wildman–Crippen LogP) is 1.89. The van der Waals surface area contributed by atoms with Crippen LogP contribution in [0.25, 0.3) is 0 Å². The van der Waals surface area contributed by atoms with Gasteiger partial charge in [-0.1, -0.05) is 46.3 Å². The van der Waals surface area contributed by atoms with Crippen LogP contribution in [0, 0.1) is 0 Å². The minimum absolute atomic E-state index is 0.0364. The topological polar surface area (TPSA) is 46.2 Å². The van der Waals surface area contributed by atoms with Gasteiger partial charge in [0.05, 0.1) is 0 Å². The van der Waals surface area contributed by atoms with Gasteiger partial charge < -0.3 is 0 Å². The molecule has 0 aliphatic rings. The van der Waals surface area contributed by atoms with Gasteiger partial charge in [0.1, 0.15) is 4.66 Å². The Labute approximate surface area is 99.1 Å². The summed E-state index contributed by atoms with van der Waals surface area (Å²) in [4.78, 5) is 0. The molecule has 0 aliphatic heterocycles. The van der Waals surface area contributed by atoms with Crippen LogP contribution in [0.15, 0.2) is 30.3 Å². The van der Waals surface area contributed by atoms with Gasteiger partial charge in [0.2, 0.25) is 10.0 Å². The average Bonchev–Trinajstić information content (AvgIpc) is 2.26. The second-order valence-electron chi connectivity index (χ2n) is 3.21. The first-order chi connectivity index (χ1) is 7.14. The zero-order valence-corrected chi connectivity index (χ0v) is 10.7. The molecule has 0 bridgehead atoms. The fourth-order valence-electron chi connectivity index (χ4n) is 1.20. The largest absolute Gasteiger partial charge is 0.221 e. The van der Waals surface area contributed by atoms with Gasteiger partial charge in [-0.15, -0.1) is 0 Å². The fraction of sp³-hybridized carbons (Fsp3) is 0.400. The van der Waals surface area contributed by atoms with Crippen LogP contribution in [0.3, 0.4) is 0 Å². The van der Waals surface area contributed by atoms with Crippen molar-refractivity contribution in [2.75, 3.05) is 11.2 Å². The van der Waals surface area contributed by atoms with Crippen LogP contribution >= 0.6 is 15.9 Å². The first-order valence-electron chi connectivity index (χ1n) is 4.71. The highest BCUT2D eigenvalue weighted by Crippen LogP contribution is 2.01. The third kappa shape index (κ3) is 5.30. The minimum atomic E-state index is -3.11. The van der Waals surface area contributed by atoms with Crippen LogP contribution in [0.4, 0.5) is 0 Å². The monoisotopic (exact) mass is 291 g/mol. The van der Waals surface area contributed by atoms with Crippen LogP contribution in [0.1, 0.15) is 12.0 Å². The van der Waals surface area contributed by atoms with Crippen LogP contribution in [0.2, 0.25) is 0 Å². The number of alkyl halides is 1. The highest BCUT2D eigenvalue weighted by atomic mass is 79.9. The van der Waals surface area contributed by atoms with E-state index in [1.807, 2.05) is 30.3 Å². The van der Waals surface area contributed by atoms with E-state index >= 15 is 0 Å². The maximum absolute atomic E-state index is 11.1. The molecule has 0 saturated heterocycles. The highest BCUT2D eigenvalue weighted by Gasteiger charge is 2.05. The summed E-state index contributed by atoms with van der Waals surface area (Å²) in [5, 5.41) is 0. The van der Waals surface area contributed by atoms with Gasteiger partial charge in [0.25, 0.3) is 0 Å². The van der Waals surface area contributed by atoms with E-state index in [1.165, 1.54) is 5.56 Å². The molecule has 0 fully saturated rings. The second-order valence-corrected chi connectivity index (χ2v) is 6.32.